The molecule has 0 aromatic heterocycles. The summed E-state index contributed by atoms with van der Waals surface area (Å²) in [5.41, 5.74) is -3.77. The second-order valence-corrected chi connectivity index (χ2v) is 5.93. The zero-order valence-electron chi connectivity index (χ0n) is 10.5. The monoisotopic (exact) mass is 338 g/mol. The summed E-state index contributed by atoms with van der Waals surface area (Å²) in [7, 11) is 0. The summed E-state index contributed by atoms with van der Waals surface area (Å²) in [5, 5.41) is 9.54. The summed E-state index contributed by atoms with van der Waals surface area (Å²) in [6.45, 7) is 3.10. The van der Waals surface area contributed by atoms with Gasteiger partial charge >= 0.3 is 6.18 Å². The number of aldehydes is 1. The molecule has 6 heteroatoms. The van der Waals surface area contributed by atoms with Gasteiger partial charge in [-0.25, -0.2) is 0 Å². The third-order valence-electron chi connectivity index (χ3n) is 3.00. The number of aliphatic hydroxyl groups is 1. The van der Waals surface area contributed by atoms with Gasteiger partial charge in [-0.2, -0.15) is 13.2 Å². The van der Waals surface area contributed by atoms with Crippen LogP contribution in [0.1, 0.15) is 25.8 Å². The summed E-state index contributed by atoms with van der Waals surface area (Å²) >= 11 is 3.26. The lowest BCUT2D eigenvalue weighted by Gasteiger charge is -2.34. The highest BCUT2D eigenvalue weighted by Crippen LogP contribution is 2.41. The molecule has 1 rings (SSSR count). The Morgan fingerprint density at radius 3 is 2.21 bits per heavy atom. The summed E-state index contributed by atoms with van der Waals surface area (Å²) in [6, 6.07) is 6.78. The van der Waals surface area contributed by atoms with E-state index < -0.39 is 29.9 Å². The molecule has 1 aromatic rings. The van der Waals surface area contributed by atoms with Crippen molar-refractivity contribution < 1.29 is 23.1 Å². The summed E-state index contributed by atoms with van der Waals surface area (Å²) in [5.74, 6) is 0. The van der Waals surface area contributed by atoms with Gasteiger partial charge in [0.05, 0.1) is 0 Å². The first-order valence-electron chi connectivity index (χ1n) is 5.54. The van der Waals surface area contributed by atoms with Crippen LogP contribution in [0.15, 0.2) is 28.7 Å². The fourth-order valence-electron chi connectivity index (χ4n) is 1.99. The third-order valence-corrected chi connectivity index (χ3v) is 3.69. The molecule has 0 saturated heterocycles. The molecule has 2 nitrogen and oxygen atoms in total. The average molecular weight is 339 g/mol. The highest BCUT2D eigenvalue weighted by atomic mass is 79.9. The molecule has 0 saturated carbocycles. The molecule has 106 valence electrons. The minimum Gasteiger partial charge on any atom is -0.374 e. The number of hydrogen-bond acceptors (Lipinski definition) is 2. The average Bonchev–Trinajstić information content (AvgIpc) is 2.27. The van der Waals surface area contributed by atoms with Crippen molar-refractivity contribution in [2.75, 3.05) is 0 Å². The Balaban J connectivity index is 3.16. The third kappa shape index (κ3) is 3.36. The first kappa shape index (κ1) is 16.2. The molecule has 1 aromatic carbocycles. The van der Waals surface area contributed by atoms with E-state index in [1.54, 1.807) is 38.1 Å². The van der Waals surface area contributed by atoms with Crippen LogP contribution >= 0.6 is 15.9 Å². The summed E-state index contributed by atoms with van der Waals surface area (Å²) in [6.07, 6.45) is -6.17. The van der Waals surface area contributed by atoms with Crippen molar-refractivity contribution >= 4 is 22.2 Å². The first-order chi connectivity index (χ1) is 8.53. The SMILES string of the molecule is CC(C)(C[C@@](O)(C=O)C(F)(F)F)c1ccccc1Br. The summed E-state index contributed by atoms with van der Waals surface area (Å²) < 4.78 is 38.9. The topological polar surface area (TPSA) is 37.3 Å². The Morgan fingerprint density at radius 1 is 1.26 bits per heavy atom. The maximum atomic E-state index is 12.8. The van der Waals surface area contributed by atoms with Gasteiger partial charge in [0.15, 0.2) is 6.29 Å². The lowest BCUT2D eigenvalue weighted by molar-refractivity contribution is -0.250. The molecular formula is C13H14BrF3O2. The standard InChI is InChI=1S/C13H14BrF3O2/c1-11(2,9-5-3-4-6-10(9)14)7-12(19,8-18)13(15,16)17/h3-6,8,19H,7H2,1-2H3/t12-/m1/s1. The van der Waals surface area contributed by atoms with E-state index in [1.807, 2.05) is 0 Å². The van der Waals surface area contributed by atoms with Crippen LogP contribution in [0.4, 0.5) is 13.2 Å². The minimum atomic E-state index is -4.99. The van der Waals surface area contributed by atoms with Gasteiger partial charge < -0.3 is 5.11 Å². The number of carbonyl (C=O) groups is 1. The molecule has 0 aliphatic carbocycles. The molecule has 0 spiro atoms. The molecular weight excluding hydrogens is 325 g/mol. The molecule has 0 aliphatic heterocycles. The van der Waals surface area contributed by atoms with Gasteiger partial charge in [-0.05, 0) is 17.0 Å². The van der Waals surface area contributed by atoms with E-state index in [0.717, 1.165) is 0 Å². The molecule has 0 aliphatic rings. The zero-order chi connectivity index (χ0) is 14.9. The Kier molecular flexibility index (Phi) is 4.47. The van der Waals surface area contributed by atoms with E-state index in [4.69, 9.17) is 0 Å². The molecule has 0 radical (unpaired) electrons. The van der Waals surface area contributed by atoms with Gasteiger partial charge in [0, 0.05) is 10.9 Å². The maximum Gasteiger partial charge on any atom is 0.424 e. The Morgan fingerprint density at radius 2 is 1.79 bits per heavy atom. The van der Waals surface area contributed by atoms with E-state index in [-0.39, 0.29) is 0 Å². The van der Waals surface area contributed by atoms with Gasteiger partial charge in [-0.3, -0.25) is 4.79 Å². The van der Waals surface area contributed by atoms with Crippen LogP contribution in [0.2, 0.25) is 0 Å². The van der Waals surface area contributed by atoms with Crippen LogP contribution in [-0.4, -0.2) is 23.2 Å². The molecule has 0 bridgehead atoms. The number of benzene rings is 1. The number of rotatable bonds is 4. The van der Waals surface area contributed by atoms with Crippen molar-refractivity contribution in [2.24, 2.45) is 0 Å². The van der Waals surface area contributed by atoms with E-state index in [1.165, 1.54) is 0 Å². The predicted molar refractivity (Wildman–Crippen MR) is 68.9 cm³/mol. The van der Waals surface area contributed by atoms with Gasteiger partial charge in [0.2, 0.25) is 5.60 Å². The van der Waals surface area contributed by atoms with Crippen LogP contribution < -0.4 is 0 Å². The van der Waals surface area contributed by atoms with Crippen molar-refractivity contribution in [3.05, 3.63) is 34.3 Å². The molecule has 0 unspecified atom stereocenters. The van der Waals surface area contributed by atoms with E-state index in [2.05, 4.69) is 15.9 Å². The second-order valence-electron chi connectivity index (χ2n) is 5.08. The number of carbonyl (C=O) groups excluding carboxylic acids is 1. The van der Waals surface area contributed by atoms with Crippen molar-refractivity contribution in [1.82, 2.24) is 0 Å². The normalized spacial score (nSPS) is 15.9. The van der Waals surface area contributed by atoms with Crippen LogP contribution in [0.25, 0.3) is 0 Å². The van der Waals surface area contributed by atoms with E-state index in [9.17, 15) is 23.1 Å². The van der Waals surface area contributed by atoms with Gasteiger partial charge in [0.25, 0.3) is 0 Å². The van der Waals surface area contributed by atoms with Gasteiger partial charge in [-0.1, -0.05) is 48.0 Å². The van der Waals surface area contributed by atoms with Crippen molar-refractivity contribution in [3.63, 3.8) is 0 Å². The Bertz CT molecular complexity index is 471. The van der Waals surface area contributed by atoms with Crippen LogP contribution in [0.3, 0.4) is 0 Å². The fourth-order valence-corrected chi connectivity index (χ4v) is 2.81. The zero-order valence-corrected chi connectivity index (χ0v) is 12.0. The molecule has 0 amide bonds. The minimum absolute atomic E-state index is 0.439. The van der Waals surface area contributed by atoms with Crippen molar-refractivity contribution in [2.45, 2.75) is 37.5 Å². The van der Waals surface area contributed by atoms with Gasteiger partial charge in [0.1, 0.15) is 0 Å². The van der Waals surface area contributed by atoms with Crippen LogP contribution in [0.5, 0.6) is 0 Å². The van der Waals surface area contributed by atoms with E-state index >= 15 is 0 Å². The molecule has 1 N–H and O–H groups in total. The van der Waals surface area contributed by atoms with E-state index in [0.29, 0.717) is 10.0 Å². The number of halogens is 4. The number of hydrogen-bond donors (Lipinski definition) is 1. The fraction of sp³-hybridized carbons (Fsp3) is 0.462. The van der Waals surface area contributed by atoms with Gasteiger partial charge in [-0.15, -0.1) is 0 Å². The summed E-state index contributed by atoms with van der Waals surface area (Å²) in [4.78, 5) is 10.7. The first-order valence-corrected chi connectivity index (χ1v) is 6.33. The lowest BCUT2D eigenvalue weighted by Crippen LogP contribution is -2.50. The second kappa shape index (κ2) is 5.25. The smallest absolute Gasteiger partial charge is 0.374 e. The number of alkyl halides is 3. The predicted octanol–water partition coefficient (Wildman–Crippen LogP) is 3.61. The van der Waals surface area contributed by atoms with Crippen molar-refractivity contribution in [3.8, 4) is 0 Å². The lowest BCUT2D eigenvalue weighted by atomic mass is 9.75. The highest BCUT2D eigenvalue weighted by Gasteiger charge is 2.56. The largest absolute Gasteiger partial charge is 0.424 e. The molecule has 19 heavy (non-hydrogen) atoms. The molecule has 0 fully saturated rings. The van der Waals surface area contributed by atoms with Crippen LogP contribution in [-0.2, 0) is 10.2 Å². The Labute approximate surface area is 117 Å². The molecule has 0 heterocycles. The Hall–Kier alpha value is -0.880. The van der Waals surface area contributed by atoms with Crippen molar-refractivity contribution in [1.29, 1.82) is 0 Å². The van der Waals surface area contributed by atoms with Crippen LogP contribution in [0, 0.1) is 0 Å². The highest BCUT2D eigenvalue weighted by molar-refractivity contribution is 9.10. The maximum absolute atomic E-state index is 12.8. The molecule has 1 atom stereocenters. The quantitative estimate of drug-likeness (QED) is 0.851.